The Bertz CT molecular complexity index is 419. The zero-order chi connectivity index (χ0) is 12.1. The molecule has 1 aromatic rings. The van der Waals surface area contributed by atoms with E-state index in [0.29, 0.717) is 0 Å². The normalized spacial score (nSPS) is 10.0. The summed E-state index contributed by atoms with van der Waals surface area (Å²) in [4.78, 5) is 9.00. The first-order valence-electron chi connectivity index (χ1n) is 3.76. The standard InChI is InChI=1S/C6H6O4S.C2H5NO/c7-5-1-3-6(4-2-5)11(8,9)10;1-2(3)4/h1-4,7H,(H,8,9,10);1H3,(H2,3,4). The van der Waals surface area contributed by atoms with Gasteiger partial charge in [0.1, 0.15) is 5.75 Å². The van der Waals surface area contributed by atoms with Gasteiger partial charge in [-0.25, -0.2) is 0 Å². The number of benzene rings is 1. The molecule has 0 saturated heterocycles. The molecule has 0 spiro atoms. The van der Waals surface area contributed by atoms with Gasteiger partial charge in [0.15, 0.2) is 0 Å². The van der Waals surface area contributed by atoms with Gasteiger partial charge in [0, 0.05) is 6.92 Å². The highest BCUT2D eigenvalue weighted by atomic mass is 32.2. The van der Waals surface area contributed by atoms with Gasteiger partial charge in [-0.1, -0.05) is 0 Å². The summed E-state index contributed by atoms with van der Waals surface area (Å²) >= 11 is 0. The number of phenols is 1. The first-order chi connectivity index (χ1) is 6.73. The van der Waals surface area contributed by atoms with Crippen molar-refractivity contribution >= 4 is 16.0 Å². The van der Waals surface area contributed by atoms with E-state index in [2.05, 4.69) is 5.73 Å². The molecule has 0 aliphatic carbocycles. The topological polar surface area (TPSA) is 118 Å². The Morgan fingerprint density at radius 3 is 1.87 bits per heavy atom. The lowest BCUT2D eigenvalue weighted by Crippen LogP contribution is -2.01. The maximum absolute atomic E-state index is 10.4. The fourth-order valence-electron chi connectivity index (χ4n) is 0.618. The minimum absolute atomic E-state index is 0.0441. The third kappa shape index (κ3) is 6.47. The van der Waals surface area contributed by atoms with Crippen molar-refractivity contribution in [2.24, 2.45) is 5.73 Å². The molecule has 1 rings (SSSR count). The Labute approximate surface area is 87.1 Å². The van der Waals surface area contributed by atoms with Crippen molar-refractivity contribution in [1.82, 2.24) is 0 Å². The predicted molar refractivity (Wildman–Crippen MR) is 52.8 cm³/mol. The molecule has 0 aliphatic heterocycles. The van der Waals surface area contributed by atoms with Gasteiger partial charge in [0.25, 0.3) is 10.1 Å². The maximum Gasteiger partial charge on any atom is 0.294 e. The van der Waals surface area contributed by atoms with Crippen LogP contribution in [0.2, 0.25) is 0 Å². The molecule has 6 nitrogen and oxygen atoms in total. The van der Waals surface area contributed by atoms with Crippen LogP contribution in [0.15, 0.2) is 29.2 Å². The summed E-state index contributed by atoms with van der Waals surface area (Å²) in [5.74, 6) is -0.377. The van der Waals surface area contributed by atoms with E-state index in [1.807, 2.05) is 0 Å². The van der Waals surface area contributed by atoms with Crippen molar-refractivity contribution in [2.75, 3.05) is 0 Å². The summed E-state index contributed by atoms with van der Waals surface area (Å²) in [6, 6.07) is 4.60. The van der Waals surface area contributed by atoms with E-state index >= 15 is 0 Å². The van der Waals surface area contributed by atoms with Crippen molar-refractivity contribution in [3.05, 3.63) is 24.3 Å². The number of phenolic OH excluding ortho intramolecular Hbond substituents is 1. The lowest BCUT2D eigenvalue weighted by molar-refractivity contribution is -0.115. The number of hydrogen-bond donors (Lipinski definition) is 3. The summed E-state index contributed by atoms with van der Waals surface area (Å²) < 4.78 is 29.3. The number of carbonyl (C=O) groups is 1. The SMILES string of the molecule is CC(N)=O.O=S(=O)(O)c1ccc(O)cc1. The molecule has 4 N–H and O–H groups in total. The number of nitrogens with two attached hydrogens (primary N) is 1. The Kier molecular flexibility index (Phi) is 4.75. The highest BCUT2D eigenvalue weighted by Crippen LogP contribution is 2.13. The van der Waals surface area contributed by atoms with Crippen LogP contribution in [0.1, 0.15) is 6.92 Å². The predicted octanol–water partition coefficient (Wildman–Crippen LogP) is 0.130. The second-order valence-corrected chi connectivity index (χ2v) is 4.00. The molecule has 1 aromatic carbocycles. The second-order valence-electron chi connectivity index (χ2n) is 2.58. The number of amides is 1. The second kappa shape index (κ2) is 5.32. The van der Waals surface area contributed by atoms with E-state index < -0.39 is 10.1 Å². The highest BCUT2D eigenvalue weighted by Gasteiger charge is 2.07. The van der Waals surface area contributed by atoms with Crippen LogP contribution in [-0.4, -0.2) is 24.0 Å². The molecule has 15 heavy (non-hydrogen) atoms. The molecular formula is C8H11NO5S. The number of aromatic hydroxyl groups is 1. The molecule has 1 amide bonds. The largest absolute Gasteiger partial charge is 0.508 e. The van der Waals surface area contributed by atoms with Crippen LogP contribution < -0.4 is 5.73 Å². The first-order valence-corrected chi connectivity index (χ1v) is 5.20. The monoisotopic (exact) mass is 233 g/mol. The van der Waals surface area contributed by atoms with Crippen LogP contribution in [0.25, 0.3) is 0 Å². The van der Waals surface area contributed by atoms with Crippen LogP contribution in [0, 0.1) is 0 Å². The minimum Gasteiger partial charge on any atom is -0.508 e. The fourth-order valence-corrected chi connectivity index (χ4v) is 1.10. The van der Waals surface area contributed by atoms with Crippen molar-refractivity contribution < 1.29 is 22.9 Å². The molecular weight excluding hydrogens is 222 g/mol. The molecule has 0 unspecified atom stereocenters. The Hall–Kier alpha value is -1.60. The molecule has 0 atom stereocenters. The van der Waals surface area contributed by atoms with Crippen LogP contribution >= 0.6 is 0 Å². The zero-order valence-electron chi connectivity index (χ0n) is 7.91. The van der Waals surface area contributed by atoms with Crippen LogP contribution in [0.4, 0.5) is 0 Å². The molecule has 0 bridgehead atoms. The smallest absolute Gasteiger partial charge is 0.294 e. The van der Waals surface area contributed by atoms with E-state index in [-0.39, 0.29) is 16.6 Å². The quantitative estimate of drug-likeness (QED) is 0.596. The molecule has 84 valence electrons. The summed E-state index contributed by atoms with van der Waals surface area (Å²) in [6.45, 7) is 1.31. The maximum atomic E-state index is 10.4. The van der Waals surface area contributed by atoms with E-state index in [1.165, 1.54) is 19.1 Å². The lowest BCUT2D eigenvalue weighted by Gasteiger charge is -1.94. The number of rotatable bonds is 1. The average Bonchev–Trinajstić information content (AvgIpc) is 2.01. The van der Waals surface area contributed by atoms with Gasteiger partial charge in [0.05, 0.1) is 4.90 Å². The molecule has 7 heteroatoms. The summed E-state index contributed by atoms with van der Waals surface area (Å²) in [5.41, 5.74) is 4.47. The molecule has 0 aromatic heterocycles. The number of hydrogen-bond acceptors (Lipinski definition) is 4. The average molecular weight is 233 g/mol. The number of carbonyl (C=O) groups excluding carboxylic acids is 1. The van der Waals surface area contributed by atoms with E-state index in [9.17, 15) is 13.2 Å². The molecule has 0 aliphatic rings. The van der Waals surface area contributed by atoms with Crippen LogP contribution in [-0.2, 0) is 14.9 Å². The summed E-state index contributed by atoms with van der Waals surface area (Å²) in [5, 5.41) is 8.75. The van der Waals surface area contributed by atoms with Crippen molar-refractivity contribution in [3.63, 3.8) is 0 Å². The third-order valence-corrected chi connectivity index (χ3v) is 2.00. The molecule has 0 saturated carbocycles. The van der Waals surface area contributed by atoms with E-state index in [0.717, 1.165) is 12.1 Å². The van der Waals surface area contributed by atoms with Crippen LogP contribution in [0.3, 0.4) is 0 Å². The molecule has 0 heterocycles. The van der Waals surface area contributed by atoms with Crippen molar-refractivity contribution in [1.29, 1.82) is 0 Å². The van der Waals surface area contributed by atoms with E-state index in [1.54, 1.807) is 0 Å². The third-order valence-electron chi connectivity index (χ3n) is 1.13. The van der Waals surface area contributed by atoms with Gasteiger partial charge < -0.3 is 10.8 Å². The van der Waals surface area contributed by atoms with Crippen molar-refractivity contribution in [3.8, 4) is 5.75 Å². The van der Waals surface area contributed by atoms with Gasteiger partial charge in [-0.15, -0.1) is 0 Å². The van der Waals surface area contributed by atoms with Crippen molar-refractivity contribution in [2.45, 2.75) is 11.8 Å². The summed E-state index contributed by atoms with van der Waals surface area (Å²) in [6.07, 6.45) is 0. The fraction of sp³-hybridized carbons (Fsp3) is 0.125. The first kappa shape index (κ1) is 13.4. The molecule has 0 radical (unpaired) electrons. The van der Waals surface area contributed by atoms with Gasteiger partial charge in [0.2, 0.25) is 5.91 Å². The Morgan fingerprint density at radius 1 is 1.27 bits per heavy atom. The van der Waals surface area contributed by atoms with Gasteiger partial charge in [-0.3, -0.25) is 9.35 Å². The summed E-state index contributed by atoms with van der Waals surface area (Å²) in [7, 11) is -4.13. The van der Waals surface area contributed by atoms with Crippen LogP contribution in [0.5, 0.6) is 5.75 Å². The minimum atomic E-state index is -4.13. The lowest BCUT2D eigenvalue weighted by atomic mass is 10.3. The van der Waals surface area contributed by atoms with Gasteiger partial charge >= 0.3 is 0 Å². The highest BCUT2D eigenvalue weighted by molar-refractivity contribution is 7.85. The van der Waals surface area contributed by atoms with E-state index in [4.69, 9.17) is 9.66 Å². The van der Waals surface area contributed by atoms with Gasteiger partial charge in [-0.05, 0) is 24.3 Å². The Morgan fingerprint density at radius 2 is 1.60 bits per heavy atom. The molecule has 0 fully saturated rings. The van der Waals surface area contributed by atoms with Gasteiger partial charge in [-0.2, -0.15) is 8.42 Å². The number of primary amides is 1. The Balaban J connectivity index is 0.000000423. The zero-order valence-corrected chi connectivity index (χ0v) is 8.73.